The van der Waals surface area contributed by atoms with Crippen molar-refractivity contribution in [2.75, 3.05) is 38.6 Å². The molecule has 1 saturated heterocycles. The van der Waals surface area contributed by atoms with Crippen LogP contribution in [0.15, 0.2) is 12.1 Å². The molecule has 8 heteroatoms. The van der Waals surface area contributed by atoms with Crippen molar-refractivity contribution in [1.82, 2.24) is 9.88 Å². The molecule has 1 aromatic heterocycles. The summed E-state index contributed by atoms with van der Waals surface area (Å²) in [5, 5.41) is 20.1. The number of nitrogens with zero attached hydrogens (tertiary/aromatic N) is 4. The number of aromatic nitrogens is 1. The van der Waals surface area contributed by atoms with Crippen molar-refractivity contribution in [3.63, 3.8) is 0 Å². The van der Waals surface area contributed by atoms with Crippen molar-refractivity contribution in [3.8, 4) is 0 Å². The first-order valence-corrected chi connectivity index (χ1v) is 6.67. The van der Waals surface area contributed by atoms with Crippen LogP contribution in [0.5, 0.6) is 0 Å². The van der Waals surface area contributed by atoms with Gasteiger partial charge in [0.05, 0.1) is 4.92 Å². The van der Waals surface area contributed by atoms with Crippen LogP contribution < -0.4 is 4.90 Å². The van der Waals surface area contributed by atoms with Crippen LogP contribution in [0.25, 0.3) is 0 Å². The number of nitro groups is 1. The Bertz CT molecular complexity index is 563. The zero-order chi connectivity index (χ0) is 15.6. The van der Waals surface area contributed by atoms with Gasteiger partial charge in [-0.05, 0) is 32.0 Å². The van der Waals surface area contributed by atoms with Crippen molar-refractivity contribution in [3.05, 3.63) is 27.9 Å². The predicted octanol–water partition coefficient (Wildman–Crippen LogP) is 1.08. The maximum atomic E-state index is 11.1. The predicted molar refractivity (Wildman–Crippen MR) is 76.7 cm³/mol. The second-order valence-corrected chi connectivity index (χ2v) is 5.40. The van der Waals surface area contributed by atoms with Crippen LogP contribution in [0.1, 0.15) is 16.9 Å². The monoisotopic (exact) mass is 294 g/mol. The van der Waals surface area contributed by atoms with E-state index in [1.54, 1.807) is 11.9 Å². The molecular weight excluding hydrogens is 276 g/mol. The van der Waals surface area contributed by atoms with E-state index in [9.17, 15) is 14.9 Å². The fraction of sp³-hybridized carbons (Fsp3) is 0.538. The van der Waals surface area contributed by atoms with E-state index < -0.39 is 10.9 Å². The Labute approximate surface area is 122 Å². The van der Waals surface area contributed by atoms with E-state index >= 15 is 0 Å². The molecule has 2 heterocycles. The Morgan fingerprint density at radius 1 is 1.62 bits per heavy atom. The minimum atomic E-state index is -1.19. The molecule has 1 N–H and O–H groups in total. The highest BCUT2D eigenvalue weighted by Gasteiger charge is 2.26. The Morgan fingerprint density at radius 3 is 2.86 bits per heavy atom. The molecule has 1 aliphatic heterocycles. The molecule has 0 aliphatic carbocycles. The molecule has 0 radical (unpaired) electrons. The minimum Gasteiger partial charge on any atom is -0.477 e. The zero-order valence-electron chi connectivity index (χ0n) is 12.0. The molecule has 1 fully saturated rings. The first kappa shape index (κ1) is 15.2. The minimum absolute atomic E-state index is 0.106. The fourth-order valence-electron chi connectivity index (χ4n) is 2.63. The number of aromatic carboxylic acids is 1. The van der Waals surface area contributed by atoms with E-state index in [0.29, 0.717) is 12.5 Å². The zero-order valence-corrected chi connectivity index (χ0v) is 12.0. The summed E-state index contributed by atoms with van der Waals surface area (Å²) in [6.45, 7) is 2.54. The second-order valence-electron chi connectivity index (χ2n) is 5.40. The Kier molecular flexibility index (Phi) is 4.37. The van der Waals surface area contributed by atoms with Crippen molar-refractivity contribution in [1.29, 1.82) is 0 Å². The van der Waals surface area contributed by atoms with Gasteiger partial charge in [0.1, 0.15) is 0 Å². The van der Waals surface area contributed by atoms with Crippen LogP contribution in [0.2, 0.25) is 0 Å². The van der Waals surface area contributed by atoms with Gasteiger partial charge in [-0.3, -0.25) is 10.1 Å². The van der Waals surface area contributed by atoms with Crippen LogP contribution >= 0.6 is 0 Å². The molecule has 0 bridgehead atoms. The maximum absolute atomic E-state index is 11.1. The Morgan fingerprint density at radius 2 is 2.33 bits per heavy atom. The van der Waals surface area contributed by atoms with Crippen molar-refractivity contribution in [2.45, 2.75) is 6.42 Å². The van der Waals surface area contributed by atoms with Crippen molar-refractivity contribution < 1.29 is 14.8 Å². The molecule has 0 aromatic carbocycles. The summed E-state index contributed by atoms with van der Waals surface area (Å²) < 4.78 is 0. The van der Waals surface area contributed by atoms with E-state index in [-0.39, 0.29) is 17.2 Å². The second kappa shape index (κ2) is 6.04. The molecule has 8 nitrogen and oxygen atoms in total. The van der Waals surface area contributed by atoms with Gasteiger partial charge in [0.2, 0.25) is 5.82 Å². The third-order valence-corrected chi connectivity index (χ3v) is 3.65. The largest absolute Gasteiger partial charge is 0.477 e. The van der Waals surface area contributed by atoms with Crippen LogP contribution in [0, 0.1) is 16.0 Å². The van der Waals surface area contributed by atoms with E-state index in [1.165, 1.54) is 6.07 Å². The number of carboxylic acid groups (broad SMARTS) is 1. The molecular formula is C13H18N4O4. The molecule has 0 amide bonds. The Balaban J connectivity index is 2.24. The highest BCUT2D eigenvalue weighted by atomic mass is 16.6. The molecule has 114 valence electrons. The van der Waals surface area contributed by atoms with Gasteiger partial charge in [0, 0.05) is 26.2 Å². The van der Waals surface area contributed by atoms with E-state index in [0.717, 1.165) is 25.6 Å². The summed E-state index contributed by atoms with van der Waals surface area (Å²) in [5.74, 6) is -0.690. The number of pyridine rings is 1. The number of carbonyl (C=O) groups is 1. The molecule has 1 aromatic rings. The summed E-state index contributed by atoms with van der Waals surface area (Å²) in [7, 11) is 3.74. The van der Waals surface area contributed by atoms with Gasteiger partial charge < -0.3 is 14.9 Å². The highest BCUT2D eigenvalue weighted by Crippen LogP contribution is 2.27. The van der Waals surface area contributed by atoms with Gasteiger partial charge in [0.15, 0.2) is 5.69 Å². The summed E-state index contributed by atoms with van der Waals surface area (Å²) in [6.07, 6.45) is 1.02. The average Bonchev–Trinajstić information content (AvgIpc) is 2.83. The van der Waals surface area contributed by atoms with Gasteiger partial charge in [-0.15, -0.1) is 0 Å². The SMILES string of the molecule is CN1CCC(CN(C)c2nc(C(=O)O)ccc2[N+](=O)[O-])C1. The van der Waals surface area contributed by atoms with Gasteiger partial charge >= 0.3 is 11.7 Å². The van der Waals surface area contributed by atoms with Gasteiger partial charge in [0.25, 0.3) is 0 Å². The molecule has 1 aliphatic rings. The Hall–Kier alpha value is -2.22. The summed E-state index contributed by atoms with van der Waals surface area (Å²) in [6, 6.07) is 2.35. The number of likely N-dealkylation sites (tertiary alicyclic amines) is 1. The average molecular weight is 294 g/mol. The number of hydrogen-bond donors (Lipinski definition) is 1. The summed E-state index contributed by atoms with van der Waals surface area (Å²) in [5.41, 5.74) is -0.361. The van der Waals surface area contributed by atoms with Crippen LogP contribution in [0.3, 0.4) is 0 Å². The third kappa shape index (κ3) is 3.46. The maximum Gasteiger partial charge on any atom is 0.354 e. The molecule has 0 spiro atoms. The van der Waals surface area contributed by atoms with Gasteiger partial charge in [-0.2, -0.15) is 0 Å². The standard InChI is InChI=1S/C13H18N4O4/c1-15-6-5-9(7-15)8-16(2)12-11(17(20)21)4-3-10(14-12)13(18)19/h3-4,9H,5-8H2,1-2H3,(H,18,19). The molecule has 21 heavy (non-hydrogen) atoms. The third-order valence-electron chi connectivity index (χ3n) is 3.65. The van der Waals surface area contributed by atoms with Gasteiger partial charge in [-0.25, -0.2) is 9.78 Å². The lowest BCUT2D eigenvalue weighted by Gasteiger charge is -2.22. The highest BCUT2D eigenvalue weighted by molar-refractivity contribution is 5.86. The summed E-state index contributed by atoms with van der Waals surface area (Å²) >= 11 is 0. The molecule has 0 saturated carbocycles. The van der Waals surface area contributed by atoms with Crippen molar-refractivity contribution in [2.24, 2.45) is 5.92 Å². The van der Waals surface area contributed by atoms with E-state index in [2.05, 4.69) is 9.88 Å². The number of anilines is 1. The number of carboxylic acids is 1. The van der Waals surface area contributed by atoms with Crippen LogP contribution in [0.4, 0.5) is 11.5 Å². The van der Waals surface area contributed by atoms with Crippen LogP contribution in [-0.2, 0) is 0 Å². The quantitative estimate of drug-likeness (QED) is 0.640. The molecule has 1 unspecified atom stereocenters. The first-order valence-electron chi connectivity index (χ1n) is 6.67. The topological polar surface area (TPSA) is 99.8 Å². The lowest BCUT2D eigenvalue weighted by molar-refractivity contribution is -0.384. The van der Waals surface area contributed by atoms with Crippen LogP contribution in [-0.4, -0.2) is 59.6 Å². The van der Waals surface area contributed by atoms with E-state index in [1.807, 2.05) is 7.05 Å². The number of rotatable bonds is 5. The smallest absolute Gasteiger partial charge is 0.354 e. The van der Waals surface area contributed by atoms with E-state index in [4.69, 9.17) is 5.11 Å². The molecule has 1 atom stereocenters. The lowest BCUT2D eigenvalue weighted by atomic mass is 10.1. The molecule has 2 rings (SSSR count). The first-order chi connectivity index (χ1) is 9.88. The number of hydrogen-bond acceptors (Lipinski definition) is 6. The fourth-order valence-corrected chi connectivity index (χ4v) is 2.63. The van der Waals surface area contributed by atoms with Crippen molar-refractivity contribution >= 4 is 17.5 Å². The lowest BCUT2D eigenvalue weighted by Crippen LogP contribution is -2.28. The normalized spacial score (nSPS) is 18.7. The van der Waals surface area contributed by atoms with Gasteiger partial charge in [-0.1, -0.05) is 0 Å². The summed E-state index contributed by atoms with van der Waals surface area (Å²) in [4.78, 5) is 29.3.